The Labute approximate surface area is 109 Å². The van der Waals surface area contributed by atoms with Crippen molar-refractivity contribution >= 4 is 43.7 Å². The maximum Gasteiger partial charge on any atom is 2.00 e. The number of aliphatic carboxylic acids is 1. The first kappa shape index (κ1) is 13.6. The maximum absolute atomic E-state index is 10.3. The topological polar surface area (TPSA) is 76.0 Å². The van der Waals surface area contributed by atoms with Gasteiger partial charge in [0.05, 0.1) is 6.61 Å². The van der Waals surface area contributed by atoms with Gasteiger partial charge in [0.15, 0.2) is 11.9 Å². The van der Waals surface area contributed by atoms with Gasteiger partial charge in [-0.25, -0.2) is 4.79 Å². The molecule has 1 aliphatic rings. The Morgan fingerprint density at radius 2 is 2.23 bits per heavy atom. The van der Waals surface area contributed by atoms with Crippen LogP contribution >= 0.6 is 0 Å². The summed E-state index contributed by atoms with van der Waals surface area (Å²) in [6.45, 7) is 3.45. The maximum atomic E-state index is 10.3. The van der Waals surface area contributed by atoms with Gasteiger partial charge in [-0.05, 0) is 13.8 Å². The second kappa shape index (κ2) is 4.91. The smallest absolute Gasteiger partial charge is 1.00 e. The third-order valence-corrected chi connectivity index (χ3v) is 1.64. The van der Waals surface area contributed by atoms with E-state index in [9.17, 15) is 4.79 Å². The van der Waals surface area contributed by atoms with Gasteiger partial charge in [-0.15, -0.1) is 0 Å². The molecule has 2 atom stereocenters. The minimum absolute atomic E-state index is 0. The van der Waals surface area contributed by atoms with Crippen LogP contribution in [0.4, 0.5) is 0 Å². The number of carbonyl (C=O) groups is 1. The van der Waals surface area contributed by atoms with E-state index in [-0.39, 0.29) is 47.2 Å². The second-order valence-corrected chi connectivity index (χ2v) is 3.15. The predicted molar refractivity (Wildman–Crippen MR) is 46.5 cm³/mol. The van der Waals surface area contributed by atoms with Crippen molar-refractivity contribution in [3.05, 3.63) is 0 Å². The first-order valence-electron chi connectivity index (χ1n) is 3.65. The van der Waals surface area contributed by atoms with Crippen molar-refractivity contribution in [1.29, 1.82) is 0 Å². The summed E-state index contributed by atoms with van der Waals surface area (Å²) in [6.07, 6.45) is -2.27. The first-order valence-corrected chi connectivity index (χ1v) is 3.65. The molecule has 0 unspecified atom stereocenters. The number of hydrogen-bond acceptors (Lipinski definition) is 4. The number of carboxylic acids is 1. The zero-order valence-electron chi connectivity index (χ0n) is 9.69. The van der Waals surface area contributed by atoms with E-state index < -0.39 is 24.0 Å². The van der Waals surface area contributed by atoms with Gasteiger partial charge in [0.25, 0.3) is 0 Å². The monoisotopic (exact) mass is 218 g/mol. The van der Waals surface area contributed by atoms with Crippen LogP contribution < -0.4 is 0 Å². The minimum Gasteiger partial charge on any atom is -1.00 e. The van der Waals surface area contributed by atoms with Crippen LogP contribution in [0.15, 0.2) is 0 Å². The van der Waals surface area contributed by atoms with Crippen LogP contribution in [-0.4, -0.2) is 78.5 Å². The Kier molecular flexibility index (Phi) is 5.14. The third kappa shape index (κ3) is 3.69. The van der Waals surface area contributed by atoms with Crippen LogP contribution in [0, 0.1) is 0 Å². The first-order chi connectivity index (χ1) is 5.42. The van der Waals surface area contributed by atoms with Gasteiger partial charge < -0.3 is 22.5 Å². The average molecular weight is 218 g/mol. The molecule has 2 N–H and O–H groups in total. The van der Waals surface area contributed by atoms with E-state index in [1.165, 1.54) is 0 Å². The van der Waals surface area contributed by atoms with Gasteiger partial charge in [0.2, 0.25) is 0 Å². The summed E-state index contributed by atoms with van der Waals surface area (Å²) in [7, 11) is 0. The van der Waals surface area contributed by atoms with Gasteiger partial charge in [-0.1, -0.05) is 0 Å². The van der Waals surface area contributed by atoms with E-state index in [0.29, 0.717) is 0 Å². The average Bonchev–Trinajstić information content (AvgIpc) is 2.28. The number of ether oxygens (including phenoxy) is 2. The molecular weight excluding hydrogens is 204 g/mol. The Hall–Kier alpha value is 0.610. The summed E-state index contributed by atoms with van der Waals surface area (Å²) >= 11 is 0. The van der Waals surface area contributed by atoms with Crippen molar-refractivity contribution in [2.75, 3.05) is 6.61 Å². The summed E-state index contributed by atoms with van der Waals surface area (Å²) in [5.74, 6) is -2.08. The van der Waals surface area contributed by atoms with E-state index in [1.807, 2.05) is 0 Å². The molecule has 0 spiro atoms. The van der Waals surface area contributed by atoms with Crippen molar-refractivity contribution < 1.29 is 27.3 Å². The number of carboxylic acid groups (broad SMARTS) is 1. The number of rotatable bonds is 2. The molecule has 6 heteroatoms. The molecule has 0 amide bonds. The zero-order valence-corrected chi connectivity index (χ0v) is 9.90. The van der Waals surface area contributed by atoms with Gasteiger partial charge in [0, 0.05) is 0 Å². The minimum atomic E-state index is -1.51. The molecule has 5 nitrogen and oxygen atoms in total. The van der Waals surface area contributed by atoms with Crippen LogP contribution in [0.5, 0.6) is 0 Å². The van der Waals surface area contributed by atoms with Crippen molar-refractivity contribution in [1.82, 2.24) is 0 Å². The SMILES string of the molecule is CC1(C)OC[C@@H]([C@@H](O)C(=O)O)O1.[Ca+2].[H-].[H-]. The molecule has 74 valence electrons. The molecule has 13 heavy (non-hydrogen) atoms. The Morgan fingerprint density at radius 1 is 1.69 bits per heavy atom. The van der Waals surface area contributed by atoms with Crippen molar-refractivity contribution in [3.8, 4) is 0 Å². The van der Waals surface area contributed by atoms with E-state index in [0.717, 1.165) is 0 Å². The molecule has 1 aliphatic heterocycles. The van der Waals surface area contributed by atoms with Crippen LogP contribution in [0.1, 0.15) is 16.7 Å². The van der Waals surface area contributed by atoms with E-state index in [4.69, 9.17) is 19.7 Å². The van der Waals surface area contributed by atoms with Gasteiger partial charge >= 0.3 is 43.7 Å². The molecule has 0 aromatic carbocycles. The number of hydrogen-bond donors (Lipinski definition) is 2. The van der Waals surface area contributed by atoms with Gasteiger partial charge in [-0.3, -0.25) is 0 Å². The van der Waals surface area contributed by atoms with Crippen LogP contribution in [0.25, 0.3) is 0 Å². The fourth-order valence-electron chi connectivity index (χ4n) is 1.03. The second-order valence-electron chi connectivity index (χ2n) is 3.15. The summed E-state index contributed by atoms with van der Waals surface area (Å²) in [6, 6.07) is 0. The van der Waals surface area contributed by atoms with Crippen LogP contribution in [-0.2, 0) is 14.3 Å². The molecule has 0 aromatic heterocycles. The zero-order chi connectivity index (χ0) is 9.35. The third-order valence-electron chi connectivity index (χ3n) is 1.64. The van der Waals surface area contributed by atoms with E-state index >= 15 is 0 Å². The van der Waals surface area contributed by atoms with E-state index in [2.05, 4.69) is 0 Å². The summed E-state index contributed by atoms with van der Waals surface area (Å²) in [5.41, 5.74) is 0. The quantitative estimate of drug-likeness (QED) is 0.607. The molecule has 1 fully saturated rings. The Balaban J connectivity index is -0.000000480. The summed E-state index contributed by atoms with van der Waals surface area (Å²) in [4.78, 5) is 10.3. The fourth-order valence-corrected chi connectivity index (χ4v) is 1.03. The van der Waals surface area contributed by atoms with Gasteiger partial charge in [-0.2, -0.15) is 0 Å². The van der Waals surface area contributed by atoms with Crippen LogP contribution in [0.3, 0.4) is 0 Å². The Morgan fingerprint density at radius 3 is 2.54 bits per heavy atom. The molecule has 1 rings (SSSR count). The predicted octanol–water partition coefficient (Wildman–Crippen LogP) is -0.572. The molecule has 1 heterocycles. The van der Waals surface area contributed by atoms with Gasteiger partial charge in [0.1, 0.15) is 6.10 Å². The van der Waals surface area contributed by atoms with Crippen molar-refractivity contribution in [3.63, 3.8) is 0 Å². The molecule has 0 aromatic rings. The molecule has 0 saturated carbocycles. The Bertz CT molecular complexity index is 202. The molecule has 1 saturated heterocycles. The van der Waals surface area contributed by atoms with Crippen molar-refractivity contribution in [2.24, 2.45) is 0 Å². The standard InChI is InChI=1S/C7H12O5.Ca.2H/c1-7(2)11-3-4(12-7)5(8)6(9)10;;;/h4-5,8H,3H2,1-2H3,(H,9,10);;;/q;+2;2*-1/t4-,5+;;;/m0.../s1. The number of aliphatic hydroxyl groups is 1. The summed E-state index contributed by atoms with van der Waals surface area (Å²) < 4.78 is 10.2. The summed E-state index contributed by atoms with van der Waals surface area (Å²) in [5, 5.41) is 17.5. The fraction of sp³-hybridized carbons (Fsp3) is 0.857. The van der Waals surface area contributed by atoms with Crippen molar-refractivity contribution in [2.45, 2.75) is 31.8 Å². The molecule has 0 radical (unpaired) electrons. The van der Waals surface area contributed by atoms with Crippen LogP contribution in [0.2, 0.25) is 0 Å². The number of aliphatic hydroxyl groups excluding tert-OH is 1. The largest absolute Gasteiger partial charge is 2.00 e. The molecular formula is C7H14CaO5. The molecule has 0 bridgehead atoms. The normalized spacial score (nSPS) is 27.8. The van der Waals surface area contributed by atoms with E-state index in [1.54, 1.807) is 13.8 Å². The molecule has 0 aliphatic carbocycles.